The van der Waals surface area contributed by atoms with Crippen molar-refractivity contribution in [3.63, 3.8) is 0 Å². The number of amides is 1. The molecule has 0 saturated carbocycles. The van der Waals surface area contributed by atoms with Crippen LogP contribution in [0.4, 0.5) is 5.82 Å². The van der Waals surface area contributed by atoms with Crippen molar-refractivity contribution >= 4 is 11.7 Å². The second-order valence-electron chi connectivity index (χ2n) is 6.57. The summed E-state index contributed by atoms with van der Waals surface area (Å²) in [5.74, 6) is 1.74. The zero-order valence-electron chi connectivity index (χ0n) is 14.1. The van der Waals surface area contributed by atoms with Crippen LogP contribution in [-0.4, -0.2) is 52.6 Å². The first-order valence-electron chi connectivity index (χ1n) is 7.80. The van der Waals surface area contributed by atoms with Crippen LogP contribution in [0, 0.1) is 12.8 Å². The summed E-state index contributed by atoms with van der Waals surface area (Å²) in [5, 5.41) is 10.1. The molecule has 122 valence electrons. The maximum absolute atomic E-state index is 12.4. The van der Waals surface area contributed by atoms with E-state index in [0.29, 0.717) is 31.3 Å². The van der Waals surface area contributed by atoms with E-state index >= 15 is 0 Å². The molecule has 6 heteroatoms. The first-order chi connectivity index (χ1) is 10.3. The van der Waals surface area contributed by atoms with Crippen molar-refractivity contribution in [3.8, 4) is 0 Å². The lowest BCUT2D eigenvalue weighted by Gasteiger charge is -2.32. The molecule has 0 saturated heterocycles. The number of aromatic nitrogens is 2. The Morgan fingerprint density at radius 2 is 2.05 bits per heavy atom. The molecule has 0 aromatic carbocycles. The van der Waals surface area contributed by atoms with Crippen molar-refractivity contribution in [3.05, 3.63) is 17.1 Å². The van der Waals surface area contributed by atoms with Gasteiger partial charge in [-0.3, -0.25) is 4.79 Å². The molecule has 0 unspecified atom stereocenters. The Morgan fingerprint density at radius 3 is 2.64 bits per heavy atom. The Morgan fingerprint density at radius 1 is 1.36 bits per heavy atom. The van der Waals surface area contributed by atoms with Crippen LogP contribution in [0.1, 0.15) is 37.4 Å². The molecule has 0 bridgehead atoms. The van der Waals surface area contributed by atoms with Crippen molar-refractivity contribution in [2.75, 3.05) is 25.5 Å². The van der Waals surface area contributed by atoms with Crippen molar-refractivity contribution in [2.45, 2.75) is 46.3 Å². The highest BCUT2D eigenvalue weighted by Crippen LogP contribution is 2.25. The number of carbonyl (C=O) groups is 1. The first-order valence-corrected chi connectivity index (χ1v) is 7.80. The summed E-state index contributed by atoms with van der Waals surface area (Å²) in [5.41, 5.74) is 2.01. The van der Waals surface area contributed by atoms with Crippen LogP contribution in [0.3, 0.4) is 0 Å². The SMILES string of the molecule is Cc1nc2c(c(N(C)C)n1)CCN(C(=O)[C@@H](O)CC(C)C)C2. The molecule has 0 radical (unpaired) electrons. The van der Waals surface area contributed by atoms with Gasteiger partial charge in [0.1, 0.15) is 17.7 Å². The van der Waals surface area contributed by atoms with E-state index in [-0.39, 0.29) is 5.91 Å². The van der Waals surface area contributed by atoms with E-state index in [2.05, 4.69) is 9.97 Å². The van der Waals surface area contributed by atoms with Gasteiger partial charge in [0.15, 0.2) is 0 Å². The van der Waals surface area contributed by atoms with Gasteiger partial charge < -0.3 is 14.9 Å². The summed E-state index contributed by atoms with van der Waals surface area (Å²) in [6.07, 6.45) is 0.301. The quantitative estimate of drug-likeness (QED) is 0.903. The number of hydrogen-bond donors (Lipinski definition) is 1. The fraction of sp³-hybridized carbons (Fsp3) is 0.688. The van der Waals surface area contributed by atoms with Gasteiger partial charge in [0.05, 0.1) is 12.2 Å². The minimum atomic E-state index is -0.919. The molecule has 1 aliphatic heterocycles. The highest BCUT2D eigenvalue weighted by atomic mass is 16.3. The molecule has 1 N–H and O–H groups in total. The third-order valence-corrected chi connectivity index (χ3v) is 3.87. The molecule has 6 nitrogen and oxygen atoms in total. The fourth-order valence-electron chi connectivity index (χ4n) is 2.85. The van der Waals surface area contributed by atoms with Crippen LogP contribution in [0.5, 0.6) is 0 Å². The normalized spacial score (nSPS) is 15.7. The lowest BCUT2D eigenvalue weighted by Crippen LogP contribution is -2.43. The third-order valence-electron chi connectivity index (χ3n) is 3.87. The molecule has 1 aromatic rings. The number of aryl methyl sites for hydroxylation is 1. The minimum Gasteiger partial charge on any atom is -0.383 e. The molecule has 22 heavy (non-hydrogen) atoms. The molecular weight excluding hydrogens is 280 g/mol. The second kappa shape index (κ2) is 6.60. The number of hydrogen-bond acceptors (Lipinski definition) is 5. The van der Waals surface area contributed by atoms with Crippen LogP contribution in [0.2, 0.25) is 0 Å². The zero-order valence-corrected chi connectivity index (χ0v) is 14.1. The number of aliphatic hydroxyl groups excluding tert-OH is 1. The van der Waals surface area contributed by atoms with Crippen LogP contribution >= 0.6 is 0 Å². The Bertz CT molecular complexity index is 557. The van der Waals surface area contributed by atoms with Gasteiger partial charge in [-0.25, -0.2) is 9.97 Å². The van der Waals surface area contributed by atoms with Gasteiger partial charge in [-0.05, 0) is 25.7 Å². The van der Waals surface area contributed by atoms with E-state index in [0.717, 1.165) is 23.5 Å². The van der Waals surface area contributed by atoms with Gasteiger partial charge in [0, 0.05) is 26.2 Å². The van der Waals surface area contributed by atoms with Crippen molar-refractivity contribution in [1.82, 2.24) is 14.9 Å². The molecule has 1 atom stereocenters. The molecular formula is C16H26N4O2. The summed E-state index contributed by atoms with van der Waals surface area (Å²) in [7, 11) is 3.93. The van der Waals surface area contributed by atoms with Crippen molar-refractivity contribution < 1.29 is 9.90 Å². The van der Waals surface area contributed by atoms with Crippen molar-refractivity contribution in [1.29, 1.82) is 0 Å². The highest BCUT2D eigenvalue weighted by Gasteiger charge is 2.29. The number of nitrogens with zero attached hydrogens (tertiary/aromatic N) is 4. The molecule has 0 fully saturated rings. The zero-order chi connectivity index (χ0) is 16.4. The van der Waals surface area contributed by atoms with Crippen molar-refractivity contribution in [2.24, 2.45) is 5.92 Å². The van der Waals surface area contributed by atoms with Crippen LogP contribution in [0.15, 0.2) is 0 Å². The van der Waals surface area contributed by atoms with Gasteiger partial charge in [-0.2, -0.15) is 0 Å². The van der Waals surface area contributed by atoms with Gasteiger partial charge in [-0.1, -0.05) is 13.8 Å². The molecule has 0 spiro atoms. The number of anilines is 1. The monoisotopic (exact) mass is 306 g/mol. The van der Waals surface area contributed by atoms with Crippen LogP contribution in [-0.2, 0) is 17.8 Å². The number of carbonyl (C=O) groups excluding carboxylic acids is 1. The summed E-state index contributed by atoms with van der Waals surface area (Å²) < 4.78 is 0. The standard InChI is InChI=1S/C16H26N4O2/c1-10(2)8-14(21)16(22)20-7-6-12-13(9-20)17-11(3)18-15(12)19(4)5/h10,14,21H,6-9H2,1-5H3/t14-/m0/s1. The fourth-order valence-corrected chi connectivity index (χ4v) is 2.85. The van der Waals surface area contributed by atoms with E-state index in [9.17, 15) is 9.90 Å². The van der Waals surface area contributed by atoms with E-state index < -0.39 is 6.10 Å². The first kappa shape index (κ1) is 16.7. The Kier molecular flexibility index (Phi) is 5.01. The average molecular weight is 306 g/mol. The maximum atomic E-state index is 12.4. The van der Waals surface area contributed by atoms with Crippen LogP contribution in [0.25, 0.3) is 0 Å². The Balaban J connectivity index is 2.20. The summed E-state index contributed by atoms with van der Waals surface area (Å²) >= 11 is 0. The summed E-state index contributed by atoms with van der Waals surface area (Å²) in [6, 6.07) is 0. The number of rotatable bonds is 4. The third kappa shape index (κ3) is 3.55. The summed E-state index contributed by atoms with van der Waals surface area (Å²) in [4.78, 5) is 25.1. The number of aliphatic hydroxyl groups is 1. The van der Waals surface area contributed by atoms with E-state index in [1.165, 1.54) is 0 Å². The predicted octanol–water partition coefficient (Wildman–Crippen LogP) is 1.14. The molecule has 1 amide bonds. The minimum absolute atomic E-state index is 0.193. The lowest BCUT2D eigenvalue weighted by atomic mass is 10.0. The molecule has 1 aliphatic rings. The average Bonchev–Trinajstić information content (AvgIpc) is 2.43. The largest absolute Gasteiger partial charge is 0.383 e. The van der Waals surface area contributed by atoms with E-state index in [4.69, 9.17) is 0 Å². The highest BCUT2D eigenvalue weighted by molar-refractivity contribution is 5.81. The molecule has 0 aliphatic carbocycles. The molecule has 1 aromatic heterocycles. The topological polar surface area (TPSA) is 69.6 Å². The Hall–Kier alpha value is -1.69. The van der Waals surface area contributed by atoms with E-state index in [1.54, 1.807) is 4.90 Å². The predicted molar refractivity (Wildman–Crippen MR) is 85.7 cm³/mol. The number of fused-ring (bicyclic) bond motifs is 1. The van der Waals surface area contributed by atoms with Gasteiger partial charge >= 0.3 is 0 Å². The molecule has 2 rings (SSSR count). The van der Waals surface area contributed by atoms with E-state index in [1.807, 2.05) is 39.8 Å². The lowest BCUT2D eigenvalue weighted by molar-refractivity contribution is -0.142. The Labute approximate surface area is 132 Å². The van der Waals surface area contributed by atoms with Gasteiger partial charge in [0.25, 0.3) is 5.91 Å². The smallest absolute Gasteiger partial charge is 0.251 e. The van der Waals surface area contributed by atoms with Crippen LogP contribution < -0.4 is 4.90 Å². The second-order valence-corrected chi connectivity index (χ2v) is 6.57. The van der Waals surface area contributed by atoms with Gasteiger partial charge in [-0.15, -0.1) is 0 Å². The summed E-state index contributed by atoms with van der Waals surface area (Å²) in [6.45, 7) is 6.92. The maximum Gasteiger partial charge on any atom is 0.251 e. The molecule has 2 heterocycles. The van der Waals surface area contributed by atoms with Gasteiger partial charge in [0.2, 0.25) is 0 Å².